The molecule has 2 aromatic heterocycles. The molecule has 1 saturated heterocycles. The minimum atomic E-state index is -4.55. The molecule has 3 heterocycles. The maximum absolute atomic E-state index is 13.3. The van der Waals surface area contributed by atoms with E-state index in [1.165, 1.54) is 12.1 Å². The Morgan fingerprint density at radius 2 is 2.11 bits per heavy atom. The van der Waals surface area contributed by atoms with E-state index in [-0.39, 0.29) is 5.52 Å². The lowest BCUT2D eigenvalue weighted by molar-refractivity contribution is -0.140. The first-order valence-electron chi connectivity index (χ1n) is 8.52. The van der Waals surface area contributed by atoms with E-state index >= 15 is 0 Å². The van der Waals surface area contributed by atoms with Crippen LogP contribution in [0.25, 0.3) is 10.9 Å². The number of fused-ring (bicyclic) bond motifs is 1. The molecular weight excluding hydrogens is 395 g/mol. The number of nitrogens with zero attached hydrogens (tertiary/aromatic N) is 3. The Balaban J connectivity index is 1.69. The van der Waals surface area contributed by atoms with Crippen molar-refractivity contribution >= 4 is 28.2 Å². The standard InChI is InChI=1S/C18H17ClF3N5O/c1-28-12-6-25-27(7-12)17(8-23-9-17)10-24-15-5-16(18(20,21)22)26-14-3-2-11(19)4-13(14)15/h2-7,23H,8-10H2,1H3,(H,24,26). The van der Waals surface area contributed by atoms with Gasteiger partial charge in [0.25, 0.3) is 0 Å². The number of hydrogen-bond acceptors (Lipinski definition) is 5. The highest BCUT2D eigenvalue weighted by Crippen LogP contribution is 2.35. The monoisotopic (exact) mass is 411 g/mol. The minimum absolute atomic E-state index is 0.225. The zero-order chi connectivity index (χ0) is 19.9. The van der Waals surface area contributed by atoms with Crippen molar-refractivity contribution in [1.82, 2.24) is 20.1 Å². The lowest BCUT2D eigenvalue weighted by Gasteiger charge is -2.43. The van der Waals surface area contributed by atoms with Crippen LogP contribution in [0.2, 0.25) is 5.02 Å². The first-order valence-corrected chi connectivity index (χ1v) is 8.90. The summed E-state index contributed by atoms with van der Waals surface area (Å²) in [6, 6.07) is 5.63. The van der Waals surface area contributed by atoms with Crippen LogP contribution in [0, 0.1) is 0 Å². The molecule has 0 atom stereocenters. The van der Waals surface area contributed by atoms with Crippen molar-refractivity contribution in [2.24, 2.45) is 0 Å². The fraction of sp³-hybridized carbons (Fsp3) is 0.333. The Labute approximate surface area is 163 Å². The van der Waals surface area contributed by atoms with E-state index in [2.05, 4.69) is 20.7 Å². The van der Waals surface area contributed by atoms with E-state index in [9.17, 15) is 13.2 Å². The van der Waals surface area contributed by atoms with E-state index in [4.69, 9.17) is 16.3 Å². The largest absolute Gasteiger partial charge is 0.493 e. The number of hydrogen-bond donors (Lipinski definition) is 2. The number of nitrogens with one attached hydrogen (secondary N) is 2. The predicted molar refractivity (Wildman–Crippen MR) is 99.9 cm³/mol. The number of rotatable bonds is 5. The fourth-order valence-corrected chi connectivity index (χ4v) is 3.37. The van der Waals surface area contributed by atoms with Gasteiger partial charge < -0.3 is 15.4 Å². The summed E-state index contributed by atoms with van der Waals surface area (Å²) >= 11 is 6.05. The summed E-state index contributed by atoms with van der Waals surface area (Å²) in [6.07, 6.45) is -1.18. The van der Waals surface area contributed by atoms with Crippen LogP contribution >= 0.6 is 11.6 Å². The fourth-order valence-electron chi connectivity index (χ4n) is 3.20. The molecule has 0 bridgehead atoms. The van der Waals surface area contributed by atoms with Gasteiger partial charge in [0.1, 0.15) is 11.2 Å². The highest BCUT2D eigenvalue weighted by atomic mass is 35.5. The molecule has 1 aliphatic heterocycles. The van der Waals surface area contributed by atoms with Crippen molar-refractivity contribution in [3.05, 3.63) is 47.4 Å². The molecule has 1 fully saturated rings. The third-order valence-electron chi connectivity index (χ3n) is 4.86. The molecule has 1 aromatic carbocycles. The van der Waals surface area contributed by atoms with Gasteiger partial charge in [-0.25, -0.2) is 4.98 Å². The lowest BCUT2D eigenvalue weighted by Crippen LogP contribution is -2.64. The van der Waals surface area contributed by atoms with E-state index in [0.717, 1.165) is 6.07 Å². The molecule has 1 aliphatic rings. The summed E-state index contributed by atoms with van der Waals surface area (Å²) in [7, 11) is 1.55. The van der Waals surface area contributed by atoms with Gasteiger partial charge in [-0.3, -0.25) is 4.68 Å². The van der Waals surface area contributed by atoms with Crippen LogP contribution in [0.4, 0.5) is 18.9 Å². The molecule has 4 rings (SSSR count). The highest BCUT2D eigenvalue weighted by molar-refractivity contribution is 6.31. The van der Waals surface area contributed by atoms with Crippen LogP contribution < -0.4 is 15.4 Å². The van der Waals surface area contributed by atoms with Crippen molar-refractivity contribution in [3.8, 4) is 5.75 Å². The lowest BCUT2D eigenvalue weighted by atomic mass is 9.92. The van der Waals surface area contributed by atoms with Gasteiger partial charge in [0.15, 0.2) is 5.75 Å². The van der Waals surface area contributed by atoms with Crippen LogP contribution in [0.1, 0.15) is 5.69 Å². The third-order valence-corrected chi connectivity index (χ3v) is 5.09. The second-order valence-corrected chi connectivity index (χ2v) is 7.16. The van der Waals surface area contributed by atoms with Crippen molar-refractivity contribution < 1.29 is 17.9 Å². The highest BCUT2D eigenvalue weighted by Gasteiger charge is 2.40. The van der Waals surface area contributed by atoms with E-state index in [0.29, 0.717) is 41.5 Å². The number of halogens is 4. The van der Waals surface area contributed by atoms with Crippen LogP contribution in [-0.2, 0) is 11.7 Å². The zero-order valence-electron chi connectivity index (χ0n) is 14.8. The molecule has 6 nitrogen and oxygen atoms in total. The Morgan fingerprint density at radius 1 is 1.32 bits per heavy atom. The van der Waals surface area contributed by atoms with Gasteiger partial charge in [0.05, 0.1) is 25.0 Å². The van der Waals surface area contributed by atoms with Gasteiger partial charge in [-0.05, 0) is 24.3 Å². The van der Waals surface area contributed by atoms with Gasteiger partial charge in [-0.1, -0.05) is 11.6 Å². The molecule has 0 amide bonds. The summed E-state index contributed by atoms with van der Waals surface area (Å²) in [5.41, 5.74) is -0.816. The molecule has 0 spiro atoms. The molecule has 28 heavy (non-hydrogen) atoms. The first kappa shape index (κ1) is 18.8. The van der Waals surface area contributed by atoms with Crippen molar-refractivity contribution in [2.75, 3.05) is 32.1 Å². The minimum Gasteiger partial charge on any atom is -0.493 e. The molecule has 0 unspecified atom stereocenters. The Kier molecular flexibility index (Phi) is 4.59. The predicted octanol–water partition coefficient (Wildman–Crippen LogP) is 3.52. The van der Waals surface area contributed by atoms with Crippen LogP contribution in [-0.4, -0.2) is 41.5 Å². The Hall–Kier alpha value is -2.52. The molecule has 0 radical (unpaired) electrons. The molecule has 3 aromatic rings. The normalized spacial score (nSPS) is 16.0. The van der Waals surface area contributed by atoms with Gasteiger partial charge in [0, 0.05) is 35.7 Å². The maximum Gasteiger partial charge on any atom is 0.433 e. The summed E-state index contributed by atoms with van der Waals surface area (Å²) in [6.45, 7) is 1.62. The van der Waals surface area contributed by atoms with Crippen LogP contribution in [0.15, 0.2) is 36.7 Å². The summed E-state index contributed by atoms with van der Waals surface area (Å²) in [5.74, 6) is 0.617. The maximum atomic E-state index is 13.3. The summed E-state index contributed by atoms with van der Waals surface area (Å²) in [5, 5.41) is 11.6. The first-order chi connectivity index (χ1) is 13.3. The average molecular weight is 412 g/mol. The number of aromatic nitrogens is 3. The SMILES string of the molecule is COc1cnn(C2(CNc3cc(C(F)(F)F)nc4ccc(Cl)cc34)CNC2)c1. The molecule has 148 valence electrons. The Bertz CT molecular complexity index is 1020. The van der Waals surface area contributed by atoms with Crippen LogP contribution in [0.5, 0.6) is 5.75 Å². The van der Waals surface area contributed by atoms with Gasteiger partial charge in [0.2, 0.25) is 0 Å². The second-order valence-electron chi connectivity index (χ2n) is 6.72. The molecule has 0 saturated carbocycles. The summed E-state index contributed by atoms with van der Waals surface area (Å²) in [4.78, 5) is 3.73. The Morgan fingerprint density at radius 3 is 2.71 bits per heavy atom. The average Bonchev–Trinajstić information content (AvgIpc) is 3.09. The van der Waals surface area contributed by atoms with E-state index in [1.807, 2.05) is 0 Å². The number of methoxy groups -OCH3 is 1. The number of pyridine rings is 1. The van der Waals surface area contributed by atoms with E-state index in [1.54, 1.807) is 30.3 Å². The van der Waals surface area contributed by atoms with Crippen molar-refractivity contribution in [2.45, 2.75) is 11.7 Å². The van der Waals surface area contributed by atoms with Crippen LogP contribution in [0.3, 0.4) is 0 Å². The quantitative estimate of drug-likeness (QED) is 0.672. The molecule has 0 aliphatic carbocycles. The zero-order valence-corrected chi connectivity index (χ0v) is 15.6. The van der Waals surface area contributed by atoms with E-state index < -0.39 is 17.4 Å². The topological polar surface area (TPSA) is 64.0 Å². The number of anilines is 1. The number of ether oxygens (including phenoxy) is 1. The smallest absolute Gasteiger partial charge is 0.433 e. The molecular formula is C18H17ClF3N5O. The number of benzene rings is 1. The third kappa shape index (κ3) is 3.35. The molecule has 2 N–H and O–H groups in total. The van der Waals surface area contributed by atoms with Crippen molar-refractivity contribution in [3.63, 3.8) is 0 Å². The van der Waals surface area contributed by atoms with Gasteiger partial charge >= 0.3 is 6.18 Å². The van der Waals surface area contributed by atoms with Gasteiger partial charge in [-0.15, -0.1) is 0 Å². The van der Waals surface area contributed by atoms with Crippen molar-refractivity contribution in [1.29, 1.82) is 0 Å². The second kappa shape index (κ2) is 6.82. The molecule has 10 heteroatoms. The van der Waals surface area contributed by atoms with Gasteiger partial charge in [-0.2, -0.15) is 18.3 Å². The summed E-state index contributed by atoms with van der Waals surface area (Å²) < 4.78 is 46.8. The number of alkyl halides is 3.